The Bertz CT molecular complexity index is 2690. The summed E-state index contributed by atoms with van der Waals surface area (Å²) in [5.74, 6) is 0.457. The van der Waals surface area contributed by atoms with Crippen LogP contribution in [0.5, 0.6) is 0 Å². The van der Waals surface area contributed by atoms with Crippen LogP contribution in [0.4, 0.5) is 0 Å². The van der Waals surface area contributed by atoms with E-state index < -0.39 is 8.07 Å². The van der Waals surface area contributed by atoms with Crippen LogP contribution in [-0.4, -0.2) is 23.0 Å². The summed E-state index contributed by atoms with van der Waals surface area (Å²) in [6, 6.07) is 54.4. The number of para-hydroxylation sites is 1. The van der Waals surface area contributed by atoms with E-state index in [1.54, 1.807) is 0 Å². The number of nitrogens with zero attached hydrogens (tertiary/aromatic N) is 3. The molecule has 0 bridgehead atoms. The maximum absolute atomic E-state index is 6.41. The van der Waals surface area contributed by atoms with Gasteiger partial charge in [0, 0.05) is 66.2 Å². The third kappa shape index (κ3) is 10.5. The van der Waals surface area contributed by atoms with Gasteiger partial charge in [0.2, 0.25) is 0 Å². The summed E-state index contributed by atoms with van der Waals surface area (Å²) in [7, 11) is -1.22. The largest absolute Gasteiger partial charge is 0.455 e. The van der Waals surface area contributed by atoms with E-state index in [0.717, 1.165) is 50.1 Å². The van der Waals surface area contributed by atoms with Crippen molar-refractivity contribution in [3.8, 4) is 44.9 Å². The fourth-order valence-electron chi connectivity index (χ4n) is 6.99. The molecule has 0 saturated heterocycles. The molecular weight excluding hydrogens is 915 g/mol. The van der Waals surface area contributed by atoms with E-state index >= 15 is 0 Å². The number of benzene rings is 5. The Morgan fingerprint density at radius 1 is 0.508 bits per heavy atom. The summed E-state index contributed by atoms with van der Waals surface area (Å²) in [5.41, 5.74) is 14.4. The molecule has 0 N–H and O–H groups in total. The number of fused-ring (bicyclic) bond motifs is 3. The zero-order valence-corrected chi connectivity index (χ0v) is 38.3. The van der Waals surface area contributed by atoms with Gasteiger partial charge in [-0.1, -0.05) is 154 Å². The molecule has 4 heterocycles. The van der Waals surface area contributed by atoms with E-state index in [4.69, 9.17) is 9.40 Å². The van der Waals surface area contributed by atoms with Crippen LogP contribution in [0.2, 0.25) is 19.6 Å². The fraction of sp³-hybridized carbons (Fsp3) is 0.151. The molecular formula is C53H51IrN3OSi. The van der Waals surface area contributed by atoms with Crippen LogP contribution in [0, 0.1) is 13.8 Å². The number of aryl methyl sites for hydroxylation is 2. The molecule has 0 spiro atoms. The monoisotopic (exact) mass is 966 g/mol. The Hall–Kier alpha value is -5.78. The maximum atomic E-state index is 6.41. The van der Waals surface area contributed by atoms with Crippen molar-refractivity contribution in [2.75, 3.05) is 0 Å². The minimum Gasteiger partial charge on any atom is -0.455 e. The quantitative estimate of drug-likeness (QED) is 0.156. The fourth-order valence-corrected chi connectivity index (χ4v) is 8.03. The molecule has 4 nitrogen and oxygen atoms in total. The standard InChI is InChI=1S/C28H25NO.C14H17NSi.C11H9N.Ir/c1-17(2)25-15-26(29-16-19(25)4)24-7-5-6-23-22-13-12-21(14-27(22)30-28(23)24)20-10-8-18(3)9-11-20;1-16(2,3)13-9-10-14(15-11-13)12-7-5-4-6-8-12;1-2-6-10(7-3-1)11-8-4-5-9-12-11;/h5-17H,1-4H3;4-11H,1-3H3;1-9H;. The van der Waals surface area contributed by atoms with Crippen LogP contribution >= 0.6 is 0 Å². The van der Waals surface area contributed by atoms with Gasteiger partial charge in [-0.05, 0) is 89.7 Å². The van der Waals surface area contributed by atoms with Gasteiger partial charge < -0.3 is 4.42 Å². The minimum absolute atomic E-state index is 0. The zero-order chi connectivity index (χ0) is 40.6. The van der Waals surface area contributed by atoms with E-state index in [1.165, 1.54) is 38.6 Å². The van der Waals surface area contributed by atoms with Crippen molar-refractivity contribution in [3.63, 3.8) is 0 Å². The summed E-state index contributed by atoms with van der Waals surface area (Å²) >= 11 is 0. The second-order valence-corrected chi connectivity index (χ2v) is 21.1. The van der Waals surface area contributed by atoms with Crippen LogP contribution in [0.3, 0.4) is 0 Å². The number of furan rings is 1. The molecule has 4 aromatic heterocycles. The van der Waals surface area contributed by atoms with Crippen molar-refractivity contribution in [1.82, 2.24) is 15.0 Å². The first-order valence-corrected chi connectivity index (χ1v) is 23.5. The van der Waals surface area contributed by atoms with Crippen LogP contribution < -0.4 is 5.19 Å². The van der Waals surface area contributed by atoms with Gasteiger partial charge in [0.1, 0.15) is 11.2 Å². The Labute approximate surface area is 363 Å². The molecule has 0 aliphatic carbocycles. The van der Waals surface area contributed by atoms with Gasteiger partial charge in [0.15, 0.2) is 0 Å². The van der Waals surface area contributed by atoms with Gasteiger partial charge in [0.05, 0.1) is 25.2 Å². The summed E-state index contributed by atoms with van der Waals surface area (Å²) in [5, 5.41) is 3.68. The number of hydrogen-bond donors (Lipinski definition) is 0. The Morgan fingerprint density at radius 2 is 1.14 bits per heavy atom. The summed E-state index contributed by atoms with van der Waals surface area (Å²) in [4.78, 5) is 13.5. The normalized spacial score (nSPS) is 11.0. The average Bonchev–Trinajstić information content (AvgIpc) is 3.64. The predicted octanol–water partition coefficient (Wildman–Crippen LogP) is 14.1. The zero-order valence-electron chi connectivity index (χ0n) is 34.9. The van der Waals surface area contributed by atoms with Crippen molar-refractivity contribution in [2.45, 2.75) is 53.3 Å². The van der Waals surface area contributed by atoms with Gasteiger partial charge in [-0.3, -0.25) is 15.0 Å². The van der Waals surface area contributed by atoms with Gasteiger partial charge in [-0.15, -0.1) is 0 Å². The third-order valence-electron chi connectivity index (χ3n) is 10.4. The van der Waals surface area contributed by atoms with Crippen LogP contribution in [-0.2, 0) is 20.1 Å². The Balaban J connectivity index is 0.000000169. The van der Waals surface area contributed by atoms with Crippen molar-refractivity contribution in [1.29, 1.82) is 0 Å². The average molecular weight is 966 g/mol. The molecule has 0 saturated carbocycles. The Morgan fingerprint density at radius 3 is 1.73 bits per heavy atom. The van der Waals surface area contributed by atoms with Crippen LogP contribution in [0.15, 0.2) is 181 Å². The number of rotatable bonds is 6. The predicted molar refractivity (Wildman–Crippen MR) is 248 cm³/mol. The topological polar surface area (TPSA) is 51.8 Å². The second kappa shape index (κ2) is 19.3. The first-order valence-electron chi connectivity index (χ1n) is 20.0. The molecule has 9 rings (SSSR count). The maximum Gasteiger partial charge on any atom is 0.144 e. The molecule has 6 heteroatoms. The summed E-state index contributed by atoms with van der Waals surface area (Å²) in [6.07, 6.45) is 5.82. The molecule has 0 unspecified atom stereocenters. The molecule has 1 radical (unpaired) electrons. The summed E-state index contributed by atoms with van der Waals surface area (Å²) < 4.78 is 6.41. The molecule has 0 atom stereocenters. The first kappa shape index (κ1) is 42.8. The molecule has 0 fully saturated rings. The molecule has 5 aromatic carbocycles. The van der Waals surface area contributed by atoms with Crippen molar-refractivity contribution in [3.05, 3.63) is 193 Å². The van der Waals surface area contributed by atoms with E-state index in [-0.39, 0.29) is 20.1 Å². The molecule has 0 aliphatic heterocycles. The minimum atomic E-state index is -1.22. The van der Waals surface area contributed by atoms with Gasteiger partial charge in [-0.2, -0.15) is 0 Å². The third-order valence-corrected chi connectivity index (χ3v) is 12.4. The van der Waals surface area contributed by atoms with Crippen molar-refractivity contribution in [2.24, 2.45) is 0 Å². The van der Waals surface area contributed by atoms with E-state index in [9.17, 15) is 0 Å². The van der Waals surface area contributed by atoms with Crippen LogP contribution in [0.25, 0.3) is 66.8 Å². The first-order chi connectivity index (χ1) is 28.0. The van der Waals surface area contributed by atoms with Gasteiger partial charge in [-0.25, -0.2) is 0 Å². The van der Waals surface area contributed by atoms with E-state index in [1.807, 2.05) is 73.2 Å². The van der Waals surface area contributed by atoms with Crippen LogP contribution in [0.1, 0.15) is 36.5 Å². The van der Waals surface area contributed by atoms with E-state index in [2.05, 4.69) is 160 Å². The van der Waals surface area contributed by atoms with Gasteiger partial charge >= 0.3 is 0 Å². The summed E-state index contributed by atoms with van der Waals surface area (Å²) in [6.45, 7) is 15.7. The number of aromatic nitrogens is 3. The molecule has 297 valence electrons. The van der Waals surface area contributed by atoms with E-state index in [0.29, 0.717) is 5.92 Å². The van der Waals surface area contributed by atoms with Crippen molar-refractivity contribution < 1.29 is 24.5 Å². The number of hydrogen-bond acceptors (Lipinski definition) is 4. The number of pyridine rings is 3. The second-order valence-electron chi connectivity index (χ2n) is 16.1. The molecule has 59 heavy (non-hydrogen) atoms. The van der Waals surface area contributed by atoms with Crippen molar-refractivity contribution >= 4 is 35.2 Å². The smallest absolute Gasteiger partial charge is 0.144 e. The molecule has 0 aliphatic rings. The SMILES string of the molecule is C[Si](C)(C)c1ccc(-c2ccccc2)nc1.Cc1ccc(-c2ccc3c(c2)oc2c(-c4cc(C(C)C)c(C)cn4)cccc23)cc1.[Ir].c1ccc(-c2ccccn2)cc1. The molecule has 9 aromatic rings. The molecule has 0 amide bonds. The Kier molecular flexibility index (Phi) is 14.0. The van der Waals surface area contributed by atoms with Gasteiger partial charge in [0.25, 0.3) is 0 Å².